The van der Waals surface area contributed by atoms with Gasteiger partial charge in [0, 0.05) is 12.6 Å². The number of unbranched alkanes of at least 4 members (excludes halogenated alkanes) is 1. The Labute approximate surface area is 93.8 Å². The van der Waals surface area contributed by atoms with Crippen LogP contribution in [-0.4, -0.2) is 37.1 Å². The van der Waals surface area contributed by atoms with Crippen LogP contribution in [0.4, 0.5) is 0 Å². The van der Waals surface area contributed by atoms with Gasteiger partial charge in [-0.3, -0.25) is 4.79 Å². The van der Waals surface area contributed by atoms with Crippen molar-refractivity contribution in [2.24, 2.45) is 0 Å². The second-order valence-corrected chi connectivity index (χ2v) is 3.97. The molecule has 0 N–H and O–H groups in total. The topological polar surface area (TPSA) is 29.5 Å². The Hall–Kier alpha value is -0.570. The minimum atomic E-state index is -0.111. The number of hydrogen-bond acceptors (Lipinski definition) is 3. The first kappa shape index (κ1) is 14.4. The summed E-state index contributed by atoms with van der Waals surface area (Å²) in [5, 5.41) is 0. The number of methoxy groups -OCH3 is 1. The van der Waals surface area contributed by atoms with Crippen LogP contribution in [0.2, 0.25) is 0 Å². The molecule has 0 bridgehead atoms. The molecule has 0 saturated heterocycles. The van der Waals surface area contributed by atoms with E-state index in [4.69, 9.17) is 0 Å². The Morgan fingerprint density at radius 2 is 2.00 bits per heavy atom. The van der Waals surface area contributed by atoms with Crippen LogP contribution in [0.15, 0.2) is 0 Å². The maximum absolute atomic E-state index is 11.1. The quantitative estimate of drug-likeness (QED) is 0.582. The van der Waals surface area contributed by atoms with Gasteiger partial charge in [0.05, 0.1) is 13.5 Å². The van der Waals surface area contributed by atoms with E-state index in [-0.39, 0.29) is 5.97 Å². The zero-order valence-corrected chi connectivity index (χ0v) is 10.6. The van der Waals surface area contributed by atoms with Crippen LogP contribution >= 0.6 is 0 Å². The van der Waals surface area contributed by atoms with Gasteiger partial charge in [-0.05, 0) is 26.3 Å². The lowest BCUT2D eigenvalue weighted by Crippen LogP contribution is -2.35. The van der Waals surface area contributed by atoms with E-state index in [0.717, 1.165) is 19.5 Å². The lowest BCUT2D eigenvalue weighted by Gasteiger charge is -2.27. The smallest absolute Gasteiger partial charge is 0.306 e. The fraction of sp³-hybridized carbons (Fsp3) is 0.917. The Balaban J connectivity index is 3.94. The number of nitrogens with zero attached hydrogens (tertiary/aromatic N) is 1. The number of rotatable bonds is 8. The lowest BCUT2D eigenvalue weighted by atomic mass is 10.2. The lowest BCUT2D eigenvalue weighted by molar-refractivity contribution is -0.141. The Kier molecular flexibility index (Phi) is 8.38. The van der Waals surface area contributed by atoms with Crippen molar-refractivity contribution in [3.63, 3.8) is 0 Å². The van der Waals surface area contributed by atoms with E-state index in [0.29, 0.717) is 12.5 Å². The van der Waals surface area contributed by atoms with Gasteiger partial charge in [0.2, 0.25) is 0 Å². The molecule has 0 rings (SSSR count). The maximum atomic E-state index is 11.1. The van der Waals surface area contributed by atoms with Crippen molar-refractivity contribution in [3.8, 4) is 0 Å². The molecule has 0 saturated carbocycles. The summed E-state index contributed by atoms with van der Waals surface area (Å²) >= 11 is 0. The summed E-state index contributed by atoms with van der Waals surface area (Å²) in [6.07, 6.45) is 4.03. The Bertz CT molecular complexity index is 171. The highest BCUT2D eigenvalue weighted by atomic mass is 16.5. The summed E-state index contributed by atoms with van der Waals surface area (Å²) in [5.74, 6) is -0.111. The number of esters is 1. The normalized spacial score (nSPS) is 12.9. The molecule has 0 spiro atoms. The van der Waals surface area contributed by atoms with Crippen molar-refractivity contribution >= 4 is 5.97 Å². The minimum Gasteiger partial charge on any atom is -0.469 e. The zero-order valence-electron chi connectivity index (χ0n) is 10.6. The van der Waals surface area contributed by atoms with Crippen molar-refractivity contribution in [1.82, 2.24) is 4.90 Å². The fourth-order valence-electron chi connectivity index (χ4n) is 1.51. The van der Waals surface area contributed by atoms with Crippen LogP contribution < -0.4 is 0 Å². The molecule has 15 heavy (non-hydrogen) atoms. The summed E-state index contributed by atoms with van der Waals surface area (Å²) in [4.78, 5) is 13.4. The van der Waals surface area contributed by atoms with Gasteiger partial charge < -0.3 is 9.64 Å². The molecule has 0 aromatic rings. The van der Waals surface area contributed by atoms with E-state index < -0.39 is 0 Å². The fourth-order valence-corrected chi connectivity index (χ4v) is 1.51. The summed E-state index contributed by atoms with van der Waals surface area (Å²) in [6, 6.07) is 0.557. The van der Waals surface area contributed by atoms with Crippen LogP contribution in [0, 0.1) is 0 Å². The molecular weight excluding hydrogens is 190 g/mol. The molecule has 90 valence electrons. The monoisotopic (exact) mass is 215 g/mol. The average molecular weight is 215 g/mol. The van der Waals surface area contributed by atoms with Crippen LogP contribution in [0.1, 0.15) is 46.5 Å². The SMILES string of the molecule is CCCCN(CCC(=O)OC)C(C)CC. The third-order valence-electron chi connectivity index (χ3n) is 2.84. The minimum absolute atomic E-state index is 0.111. The van der Waals surface area contributed by atoms with Gasteiger partial charge in [-0.25, -0.2) is 0 Å². The second kappa shape index (κ2) is 8.72. The number of carbonyl (C=O) groups excluding carboxylic acids is 1. The highest BCUT2D eigenvalue weighted by molar-refractivity contribution is 5.69. The largest absolute Gasteiger partial charge is 0.469 e. The first-order valence-corrected chi connectivity index (χ1v) is 5.96. The van der Waals surface area contributed by atoms with E-state index in [1.165, 1.54) is 20.0 Å². The molecule has 0 aliphatic rings. The van der Waals surface area contributed by atoms with Gasteiger partial charge >= 0.3 is 5.97 Å². The zero-order chi connectivity index (χ0) is 11.7. The van der Waals surface area contributed by atoms with Gasteiger partial charge in [-0.15, -0.1) is 0 Å². The second-order valence-electron chi connectivity index (χ2n) is 3.97. The number of hydrogen-bond donors (Lipinski definition) is 0. The van der Waals surface area contributed by atoms with E-state index in [2.05, 4.69) is 30.4 Å². The van der Waals surface area contributed by atoms with E-state index in [9.17, 15) is 4.79 Å². The molecule has 0 aromatic heterocycles. The molecule has 0 aliphatic carbocycles. The third-order valence-corrected chi connectivity index (χ3v) is 2.84. The summed E-state index contributed by atoms with van der Waals surface area (Å²) in [6.45, 7) is 8.49. The molecule has 1 unspecified atom stereocenters. The standard InChI is InChI=1S/C12H25NO2/c1-5-7-9-13(11(3)6-2)10-8-12(14)15-4/h11H,5-10H2,1-4H3. The van der Waals surface area contributed by atoms with Gasteiger partial charge in [-0.2, -0.15) is 0 Å². The average Bonchev–Trinajstić information content (AvgIpc) is 2.27. The molecule has 0 aliphatic heterocycles. The van der Waals surface area contributed by atoms with Crippen molar-refractivity contribution in [2.75, 3.05) is 20.2 Å². The van der Waals surface area contributed by atoms with Crippen LogP contribution in [0.3, 0.4) is 0 Å². The first-order valence-electron chi connectivity index (χ1n) is 5.96. The number of ether oxygens (including phenoxy) is 1. The third kappa shape index (κ3) is 6.50. The summed E-state index contributed by atoms with van der Waals surface area (Å²) in [7, 11) is 1.45. The molecule has 0 aromatic carbocycles. The van der Waals surface area contributed by atoms with Crippen molar-refractivity contribution < 1.29 is 9.53 Å². The number of carbonyl (C=O) groups is 1. The molecule has 0 radical (unpaired) electrons. The van der Waals surface area contributed by atoms with Crippen LogP contribution in [-0.2, 0) is 9.53 Å². The molecule has 3 nitrogen and oxygen atoms in total. The van der Waals surface area contributed by atoms with Gasteiger partial charge in [0.1, 0.15) is 0 Å². The molecular formula is C12H25NO2. The predicted octanol–water partition coefficient (Wildman–Crippen LogP) is 2.45. The Morgan fingerprint density at radius 3 is 2.47 bits per heavy atom. The predicted molar refractivity (Wildman–Crippen MR) is 62.9 cm³/mol. The van der Waals surface area contributed by atoms with Crippen molar-refractivity contribution in [2.45, 2.75) is 52.5 Å². The summed E-state index contributed by atoms with van der Waals surface area (Å²) in [5.41, 5.74) is 0. The van der Waals surface area contributed by atoms with E-state index >= 15 is 0 Å². The molecule has 0 heterocycles. The highest BCUT2D eigenvalue weighted by Gasteiger charge is 2.12. The molecule has 1 atom stereocenters. The van der Waals surface area contributed by atoms with Gasteiger partial charge in [0.25, 0.3) is 0 Å². The van der Waals surface area contributed by atoms with Crippen LogP contribution in [0.25, 0.3) is 0 Å². The van der Waals surface area contributed by atoms with Gasteiger partial charge in [-0.1, -0.05) is 20.3 Å². The van der Waals surface area contributed by atoms with Gasteiger partial charge in [0.15, 0.2) is 0 Å². The maximum Gasteiger partial charge on any atom is 0.306 e. The highest BCUT2D eigenvalue weighted by Crippen LogP contribution is 2.06. The molecule has 3 heteroatoms. The van der Waals surface area contributed by atoms with Crippen molar-refractivity contribution in [1.29, 1.82) is 0 Å². The summed E-state index contributed by atoms with van der Waals surface area (Å²) < 4.78 is 4.65. The van der Waals surface area contributed by atoms with Crippen LogP contribution in [0.5, 0.6) is 0 Å². The molecule has 0 amide bonds. The van der Waals surface area contributed by atoms with E-state index in [1.807, 2.05) is 0 Å². The first-order chi connectivity index (χ1) is 7.15. The van der Waals surface area contributed by atoms with E-state index in [1.54, 1.807) is 0 Å². The Morgan fingerprint density at radius 1 is 1.33 bits per heavy atom. The van der Waals surface area contributed by atoms with Crippen molar-refractivity contribution in [3.05, 3.63) is 0 Å². The molecule has 0 fully saturated rings.